The molecule has 0 bridgehead atoms. The van der Waals surface area contributed by atoms with Gasteiger partial charge >= 0.3 is 0 Å². The summed E-state index contributed by atoms with van der Waals surface area (Å²) < 4.78 is 12.1. The number of pyridine rings is 1. The number of aliphatic hydroxyl groups is 1. The standard InChI is InChI=1S/C25H21N2O2.C5H8O2.Pt/c1-26-18-19-14-15-27-24(16-19)23-13-12-22(28-20-8-4-2-5-9-20)17-25(23)29-21-10-6-3-7-11-21;1-4(6)3-5(2)7;/h2-12,14-17,26H,18H2,1H3;3,6H,1-2H3;/q-1;;/b;4-3-;. The summed E-state index contributed by atoms with van der Waals surface area (Å²) >= 11 is 0. The number of para-hydroxylation sites is 2. The molecule has 1 heterocycles. The van der Waals surface area contributed by atoms with Gasteiger partial charge in [0, 0.05) is 51.4 Å². The van der Waals surface area contributed by atoms with Crippen LogP contribution >= 0.6 is 0 Å². The molecule has 0 aliphatic heterocycles. The van der Waals surface area contributed by atoms with Crippen LogP contribution in [0.15, 0.2) is 103 Å². The van der Waals surface area contributed by atoms with Crippen molar-refractivity contribution in [3.63, 3.8) is 0 Å². The zero-order valence-electron chi connectivity index (χ0n) is 20.9. The van der Waals surface area contributed by atoms with Crippen molar-refractivity contribution in [3.8, 4) is 34.3 Å². The first-order valence-corrected chi connectivity index (χ1v) is 11.4. The fraction of sp³-hybridized carbons (Fsp3) is 0.133. The van der Waals surface area contributed by atoms with E-state index in [9.17, 15) is 4.79 Å². The van der Waals surface area contributed by atoms with Gasteiger partial charge in [-0.25, -0.2) is 0 Å². The summed E-state index contributed by atoms with van der Waals surface area (Å²) in [6.45, 7) is 3.61. The van der Waals surface area contributed by atoms with Crippen LogP contribution in [0, 0.1) is 6.07 Å². The minimum Gasteiger partial charge on any atom is -0.512 e. The van der Waals surface area contributed by atoms with Crippen LogP contribution in [0.1, 0.15) is 19.4 Å². The van der Waals surface area contributed by atoms with Gasteiger partial charge in [0.2, 0.25) is 0 Å². The van der Waals surface area contributed by atoms with E-state index in [0.29, 0.717) is 11.5 Å². The first kappa shape index (κ1) is 29.5. The molecule has 1 aromatic heterocycles. The van der Waals surface area contributed by atoms with Crippen LogP contribution in [0.5, 0.6) is 23.0 Å². The molecule has 4 rings (SSSR count). The Morgan fingerprint density at radius 3 is 2.11 bits per heavy atom. The molecule has 0 saturated heterocycles. The van der Waals surface area contributed by atoms with Crippen molar-refractivity contribution in [2.75, 3.05) is 7.05 Å². The van der Waals surface area contributed by atoms with Gasteiger partial charge in [0.1, 0.15) is 11.5 Å². The van der Waals surface area contributed by atoms with Crippen LogP contribution in [0.25, 0.3) is 11.3 Å². The molecule has 7 heteroatoms. The third-order valence-electron chi connectivity index (χ3n) is 4.70. The van der Waals surface area contributed by atoms with Gasteiger partial charge in [-0.15, -0.1) is 12.1 Å². The SMILES string of the molecule is CC(=O)/C=C(/C)O.CNCc1ccnc(-c2[c-]cc(Oc3ccccc3)cc2Oc2ccccc2)c1.[Pt]. The molecule has 4 aromatic rings. The second-order valence-corrected chi connectivity index (χ2v) is 7.88. The number of carbonyl (C=O) groups is 1. The molecule has 0 saturated carbocycles. The molecule has 0 amide bonds. The molecule has 0 atom stereocenters. The van der Waals surface area contributed by atoms with E-state index >= 15 is 0 Å². The topological polar surface area (TPSA) is 80.7 Å². The maximum Gasteiger partial charge on any atom is 0.155 e. The van der Waals surface area contributed by atoms with Gasteiger partial charge in [-0.05, 0) is 62.5 Å². The van der Waals surface area contributed by atoms with Crippen molar-refractivity contribution in [2.24, 2.45) is 0 Å². The molecular formula is C30H29N2O4Pt-. The smallest absolute Gasteiger partial charge is 0.155 e. The van der Waals surface area contributed by atoms with E-state index in [0.717, 1.165) is 34.9 Å². The van der Waals surface area contributed by atoms with E-state index in [4.69, 9.17) is 14.6 Å². The van der Waals surface area contributed by atoms with Gasteiger partial charge in [0.25, 0.3) is 0 Å². The largest absolute Gasteiger partial charge is 0.512 e. The minimum atomic E-state index is -0.125. The van der Waals surface area contributed by atoms with Gasteiger partial charge in [0.15, 0.2) is 5.78 Å². The molecule has 0 spiro atoms. The molecule has 194 valence electrons. The van der Waals surface area contributed by atoms with Crippen LogP contribution in [0.4, 0.5) is 0 Å². The third-order valence-corrected chi connectivity index (χ3v) is 4.70. The van der Waals surface area contributed by atoms with Crippen LogP contribution in [-0.4, -0.2) is 22.9 Å². The fourth-order valence-electron chi connectivity index (χ4n) is 3.26. The van der Waals surface area contributed by atoms with E-state index in [1.165, 1.54) is 19.9 Å². The molecule has 0 unspecified atom stereocenters. The summed E-state index contributed by atoms with van der Waals surface area (Å²) in [7, 11) is 1.92. The minimum absolute atomic E-state index is 0. The van der Waals surface area contributed by atoms with Crippen molar-refractivity contribution in [3.05, 3.63) is 115 Å². The van der Waals surface area contributed by atoms with Crippen LogP contribution < -0.4 is 14.8 Å². The van der Waals surface area contributed by atoms with Crippen molar-refractivity contribution in [1.29, 1.82) is 0 Å². The van der Waals surface area contributed by atoms with Gasteiger partial charge < -0.3 is 24.9 Å². The number of aromatic nitrogens is 1. The Morgan fingerprint density at radius 2 is 1.57 bits per heavy atom. The number of rotatable bonds is 8. The Hall–Kier alpha value is -3.73. The summed E-state index contributed by atoms with van der Waals surface area (Å²) in [5.74, 6) is 2.72. The Kier molecular flexibility index (Phi) is 12.3. The molecule has 2 N–H and O–H groups in total. The Labute approximate surface area is 232 Å². The zero-order chi connectivity index (χ0) is 25.8. The number of ether oxygens (including phenoxy) is 2. The predicted molar refractivity (Wildman–Crippen MR) is 141 cm³/mol. The number of allylic oxidation sites excluding steroid dienone is 2. The van der Waals surface area contributed by atoms with Gasteiger partial charge in [0.05, 0.1) is 5.76 Å². The summed E-state index contributed by atoms with van der Waals surface area (Å²) in [6, 6.07) is 30.3. The van der Waals surface area contributed by atoms with Crippen molar-refractivity contribution in [2.45, 2.75) is 20.4 Å². The first-order chi connectivity index (χ1) is 17.4. The third kappa shape index (κ3) is 10.0. The normalized spacial score (nSPS) is 10.4. The number of aliphatic hydroxyl groups excluding tert-OH is 1. The van der Waals surface area contributed by atoms with Crippen LogP contribution in [0.2, 0.25) is 0 Å². The number of nitrogens with zero attached hydrogens (tertiary/aromatic N) is 1. The maximum atomic E-state index is 10.0. The number of benzene rings is 3. The second-order valence-electron chi connectivity index (χ2n) is 7.88. The van der Waals surface area contributed by atoms with Gasteiger partial charge in [-0.2, -0.15) is 0 Å². The summed E-state index contributed by atoms with van der Waals surface area (Å²) in [5, 5.41) is 11.5. The van der Waals surface area contributed by atoms with Crippen molar-refractivity contribution < 1.29 is 40.4 Å². The number of nitrogens with one attached hydrogen (secondary N) is 1. The summed E-state index contributed by atoms with van der Waals surface area (Å²) in [4.78, 5) is 14.5. The second kappa shape index (κ2) is 15.4. The zero-order valence-corrected chi connectivity index (χ0v) is 23.2. The molecule has 3 aromatic carbocycles. The van der Waals surface area contributed by atoms with Crippen molar-refractivity contribution in [1.82, 2.24) is 10.3 Å². The molecule has 0 aliphatic rings. The van der Waals surface area contributed by atoms with E-state index in [1.54, 1.807) is 6.20 Å². The molecule has 0 radical (unpaired) electrons. The van der Waals surface area contributed by atoms with Crippen LogP contribution in [0.3, 0.4) is 0 Å². The average Bonchev–Trinajstić information content (AvgIpc) is 2.85. The van der Waals surface area contributed by atoms with Gasteiger partial charge in [-0.3, -0.25) is 4.79 Å². The maximum absolute atomic E-state index is 10.0. The average molecular weight is 677 g/mol. The summed E-state index contributed by atoms with van der Waals surface area (Å²) in [6.07, 6.45) is 2.97. The first-order valence-electron chi connectivity index (χ1n) is 11.4. The predicted octanol–water partition coefficient (Wildman–Crippen LogP) is 6.89. The van der Waals surface area contributed by atoms with Gasteiger partial charge in [-0.1, -0.05) is 54.1 Å². The van der Waals surface area contributed by atoms with Crippen molar-refractivity contribution >= 4 is 5.78 Å². The fourth-order valence-corrected chi connectivity index (χ4v) is 3.26. The van der Waals surface area contributed by atoms with E-state index < -0.39 is 0 Å². The van der Waals surface area contributed by atoms with E-state index in [-0.39, 0.29) is 32.6 Å². The number of carbonyl (C=O) groups excluding carboxylic acids is 1. The molecule has 0 aliphatic carbocycles. The Morgan fingerprint density at radius 1 is 0.946 bits per heavy atom. The molecule has 37 heavy (non-hydrogen) atoms. The number of ketones is 1. The van der Waals surface area contributed by atoms with E-state index in [1.807, 2.05) is 92.0 Å². The van der Waals surface area contributed by atoms with Crippen LogP contribution in [-0.2, 0) is 32.4 Å². The number of hydrogen-bond acceptors (Lipinski definition) is 6. The quantitative estimate of drug-likeness (QED) is 0.120. The summed E-state index contributed by atoms with van der Waals surface area (Å²) in [5.41, 5.74) is 2.73. The van der Waals surface area contributed by atoms with E-state index in [2.05, 4.69) is 16.4 Å². The number of hydrogen-bond donors (Lipinski definition) is 2. The Balaban J connectivity index is 0.000000532. The molecule has 6 nitrogen and oxygen atoms in total. The molecular weight excluding hydrogens is 647 g/mol. The Bertz CT molecular complexity index is 1290. The monoisotopic (exact) mass is 676 g/mol. The molecule has 0 fully saturated rings.